The molecule has 3 heteroatoms. The van der Waals surface area contributed by atoms with E-state index < -0.39 is 0 Å². The van der Waals surface area contributed by atoms with E-state index in [1.165, 1.54) is 11.3 Å². The van der Waals surface area contributed by atoms with Crippen LogP contribution in [-0.4, -0.2) is 17.3 Å². The first kappa shape index (κ1) is 9.55. The summed E-state index contributed by atoms with van der Waals surface area (Å²) < 4.78 is 0. The Morgan fingerprint density at radius 2 is 2.42 bits per heavy atom. The minimum Gasteiger partial charge on any atom is -0.330 e. The van der Waals surface area contributed by atoms with Crippen molar-refractivity contribution in [1.82, 2.24) is 4.98 Å². The van der Waals surface area contributed by atoms with Gasteiger partial charge in [-0.3, -0.25) is 4.98 Å². The largest absolute Gasteiger partial charge is 0.330 e. The zero-order valence-corrected chi connectivity index (χ0v) is 8.10. The van der Waals surface area contributed by atoms with Gasteiger partial charge in [-0.25, -0.2) is 0 Å². The van der Waals surface area contributed by atoms with Gasteiger partial charge in [0, 0.05) is 24.2 Å². The standard InChI is InChI=1S/C9H14N2S/c1-8-3-2-5-11-9(8)7-12-6-4-10/h2-3,5H,4,6-7,10H2,1H3. The van der Waals surface area contributed by atoms with Crippen molar-refractivity contribution in [2.24, 2.45) is 5.73 Å². The zero-order valence-electron chi connectivity index (χ0n) is 7.29. The van der Waals surface area contributed by atoms with Crippen LogP contribution in [0.2, 0.25) is 0 Å². The summed E-state index contributed by atoms with van der Waals surface area (Å²) in [5, 5.41) is 0. The number of hydrogen-bond acceptors (Lipinski definition) is 3. The molecule has 0 aliphatic rings. The normalized spacial score (nSPS) is 10.2. The molecule has 2 N–H and O–H groups in total. The second-order valence-corrected chi connectivity index (χ2v) is 3.71. The molecule has 1 aromatic heterocycles. The predicted molar refractivity (Wildman–Crippen MR) is 54.2 cm³/mol. The van der Waals surface area contributed by atoms with E-state index in [9.17, 15) is 0 Å². The fourth-order valence-corrected chi connectivity index (χ4v) is 1.73. The minimum atomic E-state index is 0.747. The molecule has 0 bridgehead atoms. The lowest BCUT2D eigenvalue weighted by Gasteiger charge is -2.02. The van der Waals surface area contributed by atoms with E-state index in [0.29, 0.717) is 0 Å². The first-order valence-electron chi connectivity index (χ1n) is 4.03. The number of aromatic nitrogens is 1. The molecule has 66 valence electrons. The Kier molecular flexibility index (Phi) is 4.11. The second kappa shape index (κ2) is 5.17. The van der Waals surface area contributed by atoms with E-state index in [2.05, 4.69) is 18.0 Å². The van der Waals surface area contributed by atoms with Crippen molar-refractivity contribution >= 4 is 11.8 Å². The van der Waals surface area contributed by atoms with Crippen LogP contribution in [0.1, 0.15) is 11.3 Å². The summed E-state index contributed by atoms with van der Waals surface area (Å²) in [4.78, 5) is 4.29. The maximum absolute atomic E-state index is 5.39. The lowest BCUT2D eigenvalue weighted by atomic mass is 10.2. The smallest absolute Gasteiger partial charge is 0.0531 e. The molecule has 0 saturated heterocycles. The number of rotatable bonds is 4. The third kappa shape index (κ3) is 2.83. The predicted octanol–water partition coefficient (Wildman–Crippen LogP) is 1.58. The van der Waals surface area contributed by atoms with Crippen molar-refractivity contribution in [3.63, 3.8) is 0 Å². The van der Waals surface area contributed by atoms with E-state index in [-0.39, 0.29) is 0 Å². The summed E-state index contributed by atoms with van der Waals surface area (Å²) in [5.74, 6) is 1.99. The summed E-state index contributed by atoms with van der Waals surface area (Å²) in [7, 11) is 0. The van der Waals surface area contributed by atoms with Crippen LogP contribution in [0.15, 0.2) is 18.3 Å². The topological polar surface area (TPSA) is 38.9 Å². The molecule has 0 spiro atoms. The highest BCUT2D eigenvalue weighted by atomic mass is 32.2. The van der Waals surface area contributed by atoms with Crippen molar-refractivity contribution in [3.05, 3.63) is 29.6 Å². The Morgan fingerprint density at radius 1 is 1.58 bits per heavy atom. The quantitative estimate of drug-likeness (QED) is 0.719. The van der Waals surface area contributed by atoms with Crippen LogP contribution in [0.4, 0.5) is 0 Å². The van der Waals surface area contributed by atoms with E-state index in [0.717, 1.165) is 18.1 Å². The lowest BCUT2D eigenvalue weighted by molar-refractivity contribution is 1.11. The van der Waals surface area contributed by atoms with Gasteiger partial charge in [-0.2, -0.15) is 11.8 Å². The molecule has 12 heavy (non-hydrogen) atoms. The minimum absolute atomic E-state index is 0.747. The van der Waals surface area contributed by atoms with Crippen molar-refractivity contribution in [1.29, 1.82) is 0 Å². The van der Waals surface area contributed by atoms with Crippen LogP contribution < -0.4 is 5.73 Å². The van der Waals surface area contributed by atoms with Gasteiger partial charge in [-0.05, 0) is 18.6 Å². The number of nitrogens with two attached hydrogens (primary N) is 1. The first-order valence-corrected chi connectivity index (χ1v) is 5.18. The summed E-state index contributed by atoms with van der Waals surface area (Å²) in [6.45, 7) is 2.84. The van der Waals surface area contributed by atoms with Crippen LogP contribution >= 0.6 is 11.8 Å². The van der Waals surface area contributed by atoms with Crippen LogP contribution in [0.3, 0.4) is 0 Å². The average Bonchev–Trinajstić information content (AvgIpc) is 2.09. The fourth-order valence-electron chi connectivity index (χ4n) is 0.922. The van der Waals surface area contributed by atoms with Crippen LogP contribution in [-0.2, 0) is 5.75 Å². The highest BCUT2D eigenvalue weighted by Gasteiger charge is 1.97. The highest BCUT2D eigenvalue weighted by molar-refractivity contribution is 7.98. The van der Waals surface area contributed by atoms with Gasteiger partial charge in [0.25, 0.3) is 0 Å². The molecule has 1 aromatic rings. The third-order valence-electron chi connectivity index (χ3n) is 1.62. The molecular weight excluding hydrogens is 168 g/mol. The highest BCUT2D eigenvalue weighted by Crippen LogP contribution is 2.12. The van der Waals surface area contributed by atoms with Gasteiger partial charge in [-0.1, -0.05) is 6.07 Å². The molecule has 0 aliphatic heterocycles. The molecule has 0 fully saturated rings. The van der Waals surface area contributed by atoms with Gasteiger partial charge < -0.3 is 5.73 Å². The van der Waals surface area contributed by atoms with Gasteiger partial charge >= 0.3 is 0 Å². The Bertz CT molecular complexity index is 238. The molecule has 0 amide bonds. The van der Waals surface area contributed by atoms with Crippen molar-refractivity contribution in [3.8, 4) is 0 Å². The Hall–Kier alpha value is -0.540. The SMILES string of the molecule is Cc1cccnc1CSCCN. The Morgan fingerprint density at radius 3 is 3.08 bits per heavy atom. The number of aryl methyl sites for hydroxylation is 1. The second-order valence-electron chi connectivity index (χ2n) is 2.61. The maximum atomic E-state index is 5.39. The molecule has 0 radical (unpaired) electrons. The lowest BCUT2D eigenvalue weighted by Crippen LogP contribution is -2.02. The number of nitrogens with zero attached hydrogens (tertiary/aromatic N) is 1. The Labute approximate surface area is 77.6 Å². The van der Waals surface area contributed by atoms with Crippen LogP contribution in [0, 0.1) is 6.92 Å². The van der Waals surface area contributed by atoms with Crippen molar-refractivity contribution in [2.75, 3.05) is 12.3 Å². The van der Waals surface area contributed by atoms with E-state index in [4.69, 9.17) is 5.73 Å². The van der Waals surface area contributed by atoms with Gasteiger partial charge in [0.1, 0.15) is 0 Å². The van der Waals surface area contributed by atoms with Gasteiger partial charge in [0.2, 0.25) is 0 Å². The summed E-state index contributed by atoms with van der Waals surface area (Å²) in [5.41, 5.74) is 7.83. The van der Waals surface area contributed by atoms with Gasteiger partial charge in [0.15, 0.2) is 0 Å². The number of thioether (sulfide) groups is 1. The van der Waals surface area contributed by atoms with Crippen LogP contribution in [0.25, 0.3) is 0 Å². The maximum Gasteiger partial charge on any atom is 0.0531 e. The monoisotopic (exact) mass is 182 g/mol. The fraction of sp³-hybridized carbons (Fsp3) is 0.444. The van der Waals surface area contributed by atoms with E-state index in [1.54, 1.807) is 0 Å². The van der Waals surface area contributed by atoms with E-state index in [1.807, 2.05) is 24.0 Å². The average molecular weight is 182 g/mol. The molecule has 2 nitrogen and oxygen atoms in total. The molecule has 1 heterocycles. The molecule has 0 unspecified atom stereocenters. The molecular formula is C9H14N2S. The molecule has 0 aromatic carbocycles. The molecule has 1 rings (SSSR count). The van der Waals surface area contributed by atoms with E-state index >= 15 is 0 Å². The summed E-state index contributed by atoms with van der Waals surface area (Å²) in [6.07, 6.45) is 1.84. The van der Waals surface area contributed by atoms with Crippen molar-refractivity contribution < 1.29 is 0 Å². The molecule has 0 aliphatic carbocycles. The Balaban J connectivity index is 2.46. The van der Waals surface area contributed by atoms with Gasteiger partial charge in [-0.15, -0.1) is 0 Å². The third-order valence-corrected chi connectivity index (χ3v) is 2.62. The summed E-state index contributed by atoms with van der Waals surface area (Å²) in [6, 6.07) is 4.05. The van der Waals surface area contributed by atoms with Crippen LogP contribution in [0.5, 0.6) is 0 Å². The molecule has 0 atom stereocenters. The first-order chi connectivity index (χ1) is 5.84. The summed E-state index contributed by atoms with van der Waals surface area (Å²) >= 11 is 1.83. The molecule has 0 saturated carbocycles. The van der Waals surface area contributed by atoms with Crippen molar-refractivity contribution in [2.45, 2.75) is 12.7 Å². The number of hydrogen-bond donors (Lipinski definition) is 1. The zero-order chi connectivity index (χ0) is 8.81. The number of pyridine rings is 1. The van der Waals surface area contributed by atoms with Gasteiger partial charge in [0.05, 0.1) is 5.69 Å².